The number of aromatic nitrogens is 1. The maximum Gasteiger partial charge on any atom is 0.214 e. The topological polar surface area (TPSA) is 33.2 Å². The van der Waals surface area contributed by atoms with Gasteiger partial charge in [-0.1, -0.05) is 0 Å². The number of fused-ring (bicyclic) bond motifs is 1. The van der Waals surface area contributed by atoms with Crippen molar-refractivity contribution in [2.45, 2.75) is 6.42 Å². The Morgan fingerprint density at radius 2 is 2.55 bits per heavy atom. The zero-order valence-electron chi connectivity index (χ0n) is 6.03. The predicted octanol–water partition coefficient (Wildman–Crippen LogP) is 0.600. The van der Waals surface area contributed by atoms with Crippen LogP contribution < -0.4 is 4.90 Å². The molecule has 1 aromatic rings. The van der Waals surface area contributed by atoms with Crippen LogP contribution in [0.5, 0.6) is 0 Å². The number of hydrogen-bond donors (Lipinski definition) is 0. The first kappa shape index (κ1) is 6.34. The molecule has 56 valence electrons. The third kappa shape index (κ3) is 0.888. The fourth-order valence-corrected chi connectivity index (χ4v) is 1.36. The van der Waals surface area contributed by atoms with Gasteiger partial charge >= 0.3 is 0 Å². The summed E-state index contributed by atoms with van der Waals surface area (Å²) in [5.74, 6) is 0. The molecule has 11 heavy (non-hydrogen) atoms. The molecular weight excluding hydrogens is 140 g/mol. The highest BCUT2D eigenvalue weighted by atomic mass is 16.1. The summed E-state index contributed by atoms with van der Waals surface area (Å²) in [6.07, 6.45) is 5.30. The number of anilines is 1. The molecule has 1 aliphatic heterocycles. The standard InChI is InChI=1S/C8H8N2O/c11-6-10-4-2-7-1-3-9-5-8(7)10/h1,3,5-6H,2,4H2. The van der Waals surface area contributed by atoms with E-state index in [0.717, 1.165) is 25.1 Å². The van der Waals surface area contributed by atoms with Gasteiger partial charge in [0.1, 0.15) is 0 Å². The molecule has 3 heteroatoms. The minimum atomic E-state index is 0.796. The maximum atomic E-state index is 10.5. The summed E-state index contributed by atoms with van der Waals surface area (Å²) in [6, 6.07) is 1.96. The van der Waals surface area contributed by atoms with E-state index < -0.39 is 0 Å². The van der Waals surface area contributed by atoms with Gasteiger partial charge in [-0.05, 0) is 18.1 Å². The Morgan fingerprint density at radius 1 is 1.64 bits per heavy atom. The van der Waals surface area contributed by atoms with Gasteiger partial charge in [-0.2, -0.15) is 0 Å². The molecule has 2 rings (SSSR count). The average molecular weight is 148 g/mol. The van der Waals surface area contributed by atoms with Crippen LogP contribution >= 0.6 is 0 Å². The molecule has 0 aromatic carbocycles. The SMILES string of the molecule is O=CN1CCc2ccncc21. The molecule has 1 amide bonds. The summed E-state index contributed by atoms with van der Waals surface area (Å²) in [4.78, 5) is 16.1. The van der Waals surface area contributed by atoms with Crippen molar-refractivity contribution < 1.29 is 4.79 Å². The molecule has 0 atom stereocenters. The quantitative estimate of drug-likeness (QED) is 0.546. The zero-order chi connectivity index (χ0) is 7.68. The number of carbonyl (C=O) groups is 1. The van der Waals surface area contributed by atoms with Crippen LogP contribution in [0.25, 0.3) is 0 Å². The van der Waals surface area contributed by atoms with Crippen molar-refractivity contribution in [1.82, 2.24) is 4.98 Å². The van der Waals surface area contributed by atoms with Gasteiger partial charge in [0.05, 0.1) is 11.9 Å². The molecule has 0 radical (unpaired) electrons. The van der Waals surface area contributed by atoms with Crippen LogP contribution in [-0.2, 0) is 11.2 Å². The Labute approximate surface area is 64.7 Å². The molecular formula is C8H8N2O. The number of pyridine rings is 1. The lowest BCUT2D eigenvalue weighted by Crippen LogP contribution is -2.17. The Kier molecular flexibility index (Phi) is 1.35. The highest BCUT2D eigenvalue weighted by Gasteiger charge is 2.17. The smallest absolute Gasteiger partial charge is 0.214 e. The molecule has 1 aliphatic rings. The first-order valence-corrected chi connectivity index (χ1v) is 3.56. The van der Waals surface area contributed by atoms with Gasteiger partial charge in [0, 0.05) is 12.7 Å². The number of carbonyl (C=O) groups excluding carboxylic acids is 1. The van der Waals surface area contributed by atoms with E-state index in [1.54, 1.807) is 17.3 Å². The second-order valence-corrected chi connectivity index (χ2v) is 2.55. The fraction of sp³-hybridized carbons (Fsp3) is 0.250. The van der Waals surface area contributed by atoms with Gasteiger partial charge in [0.2, 0.25) is 6.41 Å². The monoisotopic (exact) mass is 148 g/mol. The van der Waals surface area contributed by atoms with Crippen molar-refractivity contribution >= 4 is 12.1 Å². The van der Waals surface area contributed by atoms with Crippen molar-refractivity contribution in [3.8, 4) is 0 Å². The van der Waals surface area contributed by atoms with Gasteiger partial charge in [-0.15, -0.1) is 0 Å². The summed E-state index contributed by atoms with van der Waals surface area (Å²) in [5.41, 5.74) is 2.18. The minimum Gasteiger partial charge on any atom is -0.313 e. The molecule has 3 nitrogen and oxygen atoms in total. The molecule has 2 heterocycles. The Hall–Kier alpha value is -1.38. The van der Waals surface area contributed by atoms with Crippen LogP contribution in [0.4, 0.5) is 5.69 Å². The number of nitrogens with zero attached hydrogens (tertiary/aromatic N) is 2. The highest BCUT2D eigenvalue weighted by molar-refractivity contribution is 5.78. The summed E-state index contributed by atoms with van der Waals surface area (Å²) in [7, 11) is 0. The van der Waals surface area contributed by atoms with Crippen LogP contribution in [0.3, 0.4) is 0 Å². The van der Waals surface area contributed by atoms with Crippen molar-refractivity contribution in [2.75, 3.05) is 11.4 Å². The van der Waals surface area contributed by atoms with Gasteiger partial charge < -0.3 is 4.90 Å². The summed E-state index contributed by atoms with van der Waals surface area (Å²) in [6.45, 7) is 0.796. The largest absolute Gasteiger partial charge is 0.313 e. The number of hydrogen-bond acceptors (Lipinski definition) is 2. The van der Waals surface area contributed by atoms with Crippen molar-refractivity contribution in [2.24, 2.45) is 0 Å². The summed E-state index contributed by atoms with van der Waals surface area (Å²) >= 11 is 0. The molecule has 0 N–H and O–H groups in total. The van der Waals surface area contributed by atoms with E-state index in [9.17, 15) is 4.79 Å². The van der Waals surface area contributed by atoms with E-state index in [1.165, 1.54) is 5.56 Å². The van der Waals surface area contributed by atoms with E-state index in [2.05, 4.69) is 4.98 Å². The first-order chi connectivity index (χ1) is 5.42. The van der Waals surface area contributed by atoms with Crippen LogP contribution in [0.2, 0.25) is 0 Å². The summed E-state index contributed by atoms with van der Waals surface area (Å²) in [5, 5.41) is 0. The molecule has 0 aliphatic carbocycles. The number of rotatable bonds is 1. The molecule has 0 fully saturated rings. The third-order valence-corrected chi connectivity index (χ3v) is 1.95. The minimum absolute atomic E-state index is 0.796. The Bertz CT molecular complexity index is 285. The van der Waals surface area contributed by atoms with E-state index >= 15 is 0 Å². The first-order valence-electron chi connectivity index (χ1n) is 3.56. The van der Waals surface area contributed by atoms with Gasteiger partial charge in [0.15, 0.2) is 0 Å². The maximum absolute atomic E-state index is 10.5. The lowest BCUT2D eigenvalue weighted by Gasteiger charge is -2.07. The van der Waals surface area contributed by atoms with Gasteiger partial charge in [0.25, 0.3) is 0 Å². The van der Waals surface area contributed by atoms with Crippen LogP contribution in [0.1, 0.15) is 5.56 Å². The summed E-state index contributed by atoms with van der Waals surface area (Å²) < 4.78 is 0. The van der Waals surface area contributed by atoms with Gasteiger partial charge in [-0.3, -0.25) is 9.78 Å². The zero-order valence-corrected chi connectivity index (χ0v) is 6.03. The van der Waals surface area contributed by atoms with Crippen LogP contribution in [-0.4, -0.2) is 17.9 Å². The molecule has 0 saturated carbocycles. The Morgan fingerprint density at radius 3 is 3.36 bits per heavy atom. The Balaban J connectivity index is 2.46. The van der Waals surface area contributed by atoms with Crippen molar-refractivity contribution in [3.05, 3.63) is 24.0 Å². The lowest BCUT2D eigenvalue weighted by molar-refractivity contribution is -0.107. The predicted molar refractivity (Wildman–Crippen MR) is 41.4 cm³/mol. The van der Waals surface area contributed by atoms with E-state index in [-0.39, 0.29) is 0 Å². The van der Waals surface area contributed by atoms with Crippen molar-refractivity contribution in [3.63, 3.8) is 0 Å². The van der Waals surface area contributed by atoms with E-state index in [1.807, 2.05) is 6.07 Å². The highest BCUT2D eigenvalue weighted by Crippen LogP contribution is 2.24. The second-order valence-electron chi connectivity index (χ2n) is 2.55. The average Bonchev–Trinajstić information content (AvgIpc) is 2.47. The normalized spacial score (nSPS) is 14.7. The molecule has 0 saturated heterocycles. The lowest BCUT2D eigenvalue weighted by atomic mass is 10.2. The number of amides is 1. The molecule has 0 unspecified atom stereocenters. The molecule has 0 spiro atoms. The van der Waals surface area contributed by atoms with Gasteiger partial charge in [-0.25, -0.2) is 0 Å². The second kappa shape index (κ2) is 2.34. The van der Waals surface area contributed by atoms with E-state index in [4.69, 9.17) is 0 Å². The van der Waals surface area contributed by atoms with Crippen molar-refractivity contribution in [1.29, 1.82) is 0 Å². The molecule has 1 aromatic heterocycles. The molecule has 0 bridgehead atoms. The third-order valence-electron chi connectivity index (χ3n) is 1.95. The van der Waals surface area contributed by atoms with Crippen LogP contribution in [0.15, 0.2) is 18.5 Å². The fourth-order valence-electron chi connectivity index (χ4n) is 1.36. The van der Waals surface area contributed by atoms with Crippen LogP contribution in [0, 0.1) is 0 Å². The van der Waals surface area contributed by atoms with E-state index in [0.29, 0.717) is 0 Å².